The zero-order valence-electron chi connectivity index (χ0n) is 9.59. The fourth-order valence-electron chi connectivity index (χ4n) is 1.65. The van der Waals surface area contributed by atoms with Crippen LogP contribution in [0.1, 0.15) is 24.4 Å². The van der Waals surface area contributed by atoms with Crippen LogP contribution < -0.4 is 0 Å². The van der Waals surface area contributed by atoms with Crippen molar-refractivity contribution in [1.29, 1.82) is 0 Å². The minimum Gasteiger partial charge on any atom is -0.348 e. The minimum atomic E-state index is 0.355. The summed E-state index contributed by atoms with van der Waals surface area (Å²) in [6, 6.07) is 4.44. The van der Waals surface area contributed by atoms with Crippen molar-refractivity contribution in [3.63, 3.8) is 0 Å². The Hall–Kier alpha value is -1.68. The van der Waals surface area contributed by atoms with Crippen LogP contribution in [0, 0.1) is 0 Å². The average molecular weight is 216 g/mol. The van der Waals surface area contributed by atoms with Crippen LogP contribution in [0.2, 0.25) is 0 Å². The number of pyridine rings is 1. The summed E-state index contributed by atoms with van der Waals surface area (Å²) < 4.78 is 0. The van der Waals surface area contributed by atoms with Crippen LogP contribution in [-0.4, -0.2) is 26.9 Å². The van der Waals surface area contributed by atoms with E-state index in [4.69, 9.17) is 0 Å². The molecule has 0 amide bonds. The van der Waals surface area contributed by atoms with E-state index in [1.54, 1.807) is 6.20 Å². The highest BCUT2D eigenvalue weighted by molar-refractivity contribution is 5.14. The topological polar surface area (TPSA) is 44.8 Å². The summed E-state index contributed by atoms with van der Waals surface area (Å²) >= 11 is 0. The predicted octanol–water partition coefficient (Wildman–Crippen LogP) is 2.00. The molecule has 16 heavy (non-hydrogen) atoms. The first-order valence-electron chi connectivity index (χ1n) is 5.36. The molecule has 0 saturated carbocycles. The highest BCUT2D eigenvalue weighted by Crippen LogP contribution is 2.18. The van der Waals surface area contributed by atoms with Gasteiger partial charge in [-0.2, -0.15) is 0 Å². The van der Waals surface area contributed by atoms with Crippen LogP contribution in [0.15, 0.2) is 36.9 Å². The molecule has 0 radical (unpaired) electrons. The Labute approximate surface area is 95.4 Å². The third-order valence-corrected chi connectivity index (χ3v) is 2.80. The molecule has 4 heteroatoms. The Kier molecular flexibility index (Phi) is 3.31. The van der Waals surface area contributed by atoms with Crippen molar-refractivity contribution >= 4 is 0 Å². The Morgan fingerprint density at radius 2 is 2.06 bits per heavy atom. The van der Waals surface area contributed by atoms with Crippen LogP contribution in [0.25, 0.3) is 0 Å². The fraction of sp³-hybridized carbons (Fsp3) is 0.333. The molecule has 2 aromatic rings. The van der Waals surface area contributed by atoms with Crippen molar-refractivity contribution in [2.45, 2.75) is 19.5 Å². The second-order valence-electron chi connectivity index (χ2n) is 3.91. The third kappa shape index (κ3) is 2.46. The van der Waals surface area contributed by atoms with Gasteiger partial charge >= 0.3 is 0 Å². The first-order chi connectivity index (χ1) is 7.77. The molecule has 0 aromatic carbocycles. The largest absolute Gasteiger partial charge is 0.348 e. The second-order valence-corrected chi connectivity index (χ2v) is 3.91. The molecule has 2 heterocycles. The summed E-state index contributed by atoms with van der Waals surface area (Å²) in [5.41, 5.74) is 1.27. The summed E-state index contributed by atoms with van der Waals surface area (Å²) in [7, 11) is 2.09. The van der Waals surface area contributed by atoms with E-state index in [0.29, 0.717) is 6.04 Å². The summed E-state index contributed by atoms with van der Waals surface area (Å²) in [6.45, 7) is 2.99. The first kappa shape index (κ1) is 10.8. The van der Waals surface area contributed by atoms with E-state index in [-0.39, 0.29) is 0 Å². The number of hydrogen-bond acceptors (Lipinski definition) is 3. The summed E-state index contributed by atoms with van der Waals surface area (Å²) in [5.74, 6) is 0.989. The smallest absolute Gasteiger partial charge is 0.120 e. The normalized spacial score (nSPS) is 12.9. The number of nitrogens with zero attached hydrogens (tertiary/aromatic N) is 3. The SMILES string of the molecule is C[C@@H](c1ccncc1)N(C)Cc1ncc[nH]1. The van der Waals surface area contributed by atoms with Crippen molar-refractivity contribution in [2.75, 3.05) is 7.05 Å². The molecule has 0 spiro atoms. The van der Waals surface area contributed by atoms with Gasteiger partial charge in [-0.1, -0.05) is 0 Å². The molecular weight excluding hydrogens is 200 g/mol. The molecule has 0 aliphatic carbocycles. The van der Waals surface area contributed by atoms with E-state index >= 15 is 0 Å². The van der Waals surface area contributed by atoms with E-state index in [2.05, 4.69) is 33.8 Å². The molecular formula is C12H16N4. The zero-order valence-corrected chi connectivity index (χ0v) is 9.59. The van der Waals surface area contributed by atoms with E-state index in [0.717, 1.165) is 12.4 Å². The molecule has 0 fully saturated rings. The van der Waals surface area contributed by atoms with Crippen LogP contribution >= 0.6 is 0 Å². The maximum Gasteiger partial charge on any atom is 0.120 e. The van der Waals surface area contributed by atoms with Gasteiger partial charge < -0.3 is 4.98 Å². The maximum absolute atomic E-state index is 4.22. The fourth-order valence-corrected chi connectivity index (χ4v) is 1.65. The lowest BCUT2D eigenvalue weighted by molar-refractivity contribution is 0.247. The van der Waals surface area contributed by atoms with Crippen molar-refractivity contribution in [2.24, 2.45) is 0 Å². The van der Waals surface area contributed by atoms with Crippen LogP contribution in [0.4, 0.5) is 0 Å². The summed E-state index contributed by atoms with van der Waals surface area (Å²) in [5, 5.41) is 0. The number of aromatic amines is 1. The quantitative estimate of drug-likeness (QED) is 0.850. The van der Waals surface area contributed by atoms with Gasteiger partial charge in [0.05, 0.1) is 6.54 Å². The zero-order chi connectivity index (χ0) is 11.4. The van der Waals surface area contributed by atoms with E-state index in [1.165, 1.54) is 5.56 Å². The van der Waals surface area contributed by atoms with Gasteiger partial charge in [0.2, 0.25) is 0 Å². The van der Waals surface area contributed by atoms with Gasteiger partial charge in [-0.05, 0) is 31.7 Å². The predicted molar refractivity (Wildman–Crippen MR) is 62.7 cm³/mol. The molecule has 0 saturated heterocycles. The molecule has 84 valence electrons. The Bertz CT molecular complexity index is 410. The molecule has 0 aliphatic heterocycles. The van der Waals surface area contributed by atoms with Crippen LogP contribution in [0.5, 0.6) is 0 Å². The van der Waals surface area contributed by atoms with Gasteiger partial charge in [0.1, 0.15) is 5.82 Å². The molecule has 1 N–H and O–H groups in total. The average Bonchev–Trinajstić information content (AvgIpc) is 2.82. The standard InChI is InChI=1S/C12H16N4/c1-10(11-3-5-13-6-4-11)16(2)9-12-14-7-8-15-12/h3-8,10H,9H2,1-2H3,(H,14,15)/t10-/m0/s1. The Morgan fingerprint density at radius 1 is 1.31 bits per heavy atom. The second kappa shape index (κ2) is 4.90. The monoisotopic (exact) mass is 216 g/mol. The number of imidazole rings is 1. The van der Waals surface area contributed by atoms with Crippen LogP contribution in [0.3, 0.4) is 0 Å². The van der Waals surface area contributed by atoms with Gasteiger partial charge in [-0.3, -0.25) is 9.88 Å². The van der Waals surface area contributed by atoms with Crippen molar-refractivity contribution in [3.05, 3.63) is 48.3 Å². The number of H-pyrrole nitrogens is 1. The third-order valence-electron chi connectivity index (χ3n) is 2.80. The molecule has 0 unspecified atom stereocenters. The molecule has 4 nitrogen and oxygen atoms in total. The molecule has 0 bridgehead atoms. The highest BCUT2D eigenvalue weighted by atomic mass is 15.1. The Morgan fingerprint density at radius 3 is 2.69 bits per heavy atom. The van der Waals surface area contributed by atoms with Gasteiger partial charge in [-0.25, -0.2) is 4.98 Å². The van der Waals surface area contributed by atoms with Gasteiger partial charge in [0, 0.05) is 30.8 Å². The van der Waals surface area contributed by atoms with E-state index < -0.39 is 0 Å². The number of aromatic nitrogens is 3. The first-order valence-corrected chi connectivity index (χ1v) is 5.36. The molecule has 1 atom stereocenters. The van der Waals surface area contributed by atoms with E-state index in [1.807, 2.05) is 30.7 Å². The summed E-state index contributed by atoms with van der Waals surface area (Å²) in [4.78, 5) is 13.6. The summed E-state index contributed by atoms with van der Waals surface area (Å²) in [6.07, 6.45) is 7.28. The number of hydrogen-bond donors (Lipinski definition) is 1. The van der Waals surface area contributed by atoms with Gasteiger partial charge in [-0.15, -0.1) is 0 Å². The van der Waals surface area contributed by atoms with Crippen molar-refractivity contribution < 1.29 is 0 Å². The van der Waals surface area contributed by atoms with E-state index in [9.17, 15) is 0 Å². The van der Waals surface area contributed by atoms with Crippen molar-refractivity contribution in [1.82, 2.24) is 19.9 Å². The maximum atomic E-state index is 4.22. The lowest BCUT2D eigenvalue weighted by atomic mass is 10.1. The van der Waals surface area contributed by atoms with Crippen LogP contribution in [-0.2, 0) is 6.54 Å². The van der Waals surface area contributed by atoms with Gasteiger partial charge in [0.15, 0.2) is 0 Å². The lowest BCUT2D eigenvalue weighted by Crippen LogP contribution is -2.22. The molecule has 2 aromatic heterocycles. The van der Waals surface area contributed by atoms with Gasteiger partial charge in [0.25, 0.3) is 0 Å². The Balaban J connectivity index is 2.02. The number of nitrogens with one attached hydrogen (secondary N) is 1. The minimum absolute atomic E-state index is 0.355. The molecule has 0 aliphatic rings. The number of rotatable bonds is 4. The lowest BCUT2D eigenvalue weighted by Gasteiger charge is -2.23. The highest BCUT2D eigenvalue weighted by Gasteiger charge is 2.12. The van der Waals surface area contributed by atoms with Crippen molar-refractivity contribution in [3.8, 4) is 0 Å². The molecule has 2 rings (SSSR count).